The maximum Gasteiger partial charge on any atom is 0.269 e. The smallest absolute Gasteiger partial charge is 0.269 e. The van der Waals surface area contributed by atoms with Crippen LogP contribution in [0, 0.1) is 10.1 Å². The Hall–Kier alpha value is -2.73. The van der Waals surface area contributed by atoms with E-state index in [4.69, 9.17) is 0 Å². The molecule has 2 aromatic rings. The topological polar surface area (TPSA) is 75.5 Å². The van der Waals surface area contributed by atoms with Gasteiger partial charge in [0.1, 0.15) is 0 Å². The molecule has 6 heteroatoms. The van der Waals surface area contributed by atoms with Gasteiger partial charge in [-0.3, -0.25) is 19.8 Å². The number of nitrogens with one attached hydrogen (secondary N) is 1. The second-order valence-corrected chi connectivity index (χ2v) is 5.52. The van der Waals surface area contributed by atoms with Crippen LogP contribution < -0.4 is 5.32 Å². The first kappa shape index (κ1) is 17.6. The molecule has 1 N–H and O–H groups in total. The van der Waals surface area contributed by atoms with E-state index in [1.807, 2.05) is 44.2 Å². The third-order valence-electron chi connectivity index (χ3n) is 3.91. The molecule has 126 valence electrons. The zero-order valence-corrected chi connectivity index (χ0v) is 13.8. The number of amides is 1. The quantitative estimate of drug-likeness (QED) is 0.624. The second-order valence-electron chi connectivity index (χ2n) is 5.52. The van der Waals surface area contributed by atoms with Crippen molar-refractivity contribution in [2.45, 2.75) is 26.4 Å². The maximum absolute atomic E-state index is 12.4. The van der Waals surface area contributed by atoms with Gasteiger partial charge in [-0.05, 0) is 31.2 Å². The number of carbonyl (C=O) groups is 1. The van der Waals surface area contributed by atoms with Crippen LogP contribution in [-0.2, 0) is 11.3 Å². The Labute approximate surface area is 141 Å². The zero-order valence-electron chi connectivity index (χ0n) is 13.8. The fraction of sp³-hybridized carbons (Fsp3) is 0.278. The highest BCUT2D eigenvalue weighted by molar-refractivity contribution is 5.94. The van der Waals surface area contributed by atoms with Gasteiger partial charge in [-0.1, -0.05) is 37.3 Å². The van der Waals surface area contributed by atoms with Crippen molar-refractivity contribution in [1.29, 1.82) is 0 Å². The molecular weight excluding hydrogens is 306 g/mol. The Morgan fingerprint density at radius 3 is 2.33 bits per heavy atom. The molecular formula is C18H21N3O3. The molecule has 2 aromatic carbocycles. The van der Waals surface area contributed by atoms with Crippen LogP contribution in [0.15, 0.2) is 54.6 Å². The zero-order chi connectivity index (χ0) is 17.5. The van der Waals surface area contributed by atoms with Gasteiger partial charge in [0.15, 0.2) is 0 Å². The third-order valence-corrected chi connectivity index (χ3v) is 3.91. The molecule has 0 aromatic heterocycles. The lowest BCUT2D eigenvalue weighted by Crippen LogP contribution is -2.41. The number of anilines is 1. The minimum Gasteiger partial charge on any atom is -0.325 e. The van der Waals surface area contributed by atoms with Crippen LogP contribution in [0.4, 0.5) is 11.4 Å². The first-order chi connectivity index (χ1) is 11.5. The predicted octanol–water partition coefficient (Wildman–Crippen LogP) is 3.44. The lowest BCUT2D eigenvalue weighted by atomic mass is 10.1. The molecule has 0 heterocycles. The van der Waals surface area contributed by atoms with Crippen molar-refractivity contribution in [2.75, 3.05) is 11.9 Å². The summed E-state index contributed by atoms with van der Waals surface area (Å²) < 4.78 is 0. The van der Waals surface area contributed by atoms with Gasteiger partial charge in [0.25, 0.3) is 5.69 Å². The summed E-state index contributed by atoms with van der Waals surface area (Å²) in [6.45, 7) is 5.29. The minimum absolute atomic E-state index is 0.000287. The monoisotopic (exact) mass is 327 g/mol. The first-order valence-electron chi connectivity index (χ1n) is 7.84. The van der Waals surface area contributed by atoms with E-state index in [-0.39, 0.29) is 17.6 Å². The van der Waals surface area contributed by atoms with E-state index < -0.39 is 4.92 Å². The van der Waals surface area contributed by atoms with E-state index in [9.17, 15) is 14.9 Å². The van der Waals surface area contributed by atoms with Crippen molar-refractivity contribution in [2.24, 2.45) is 0 Å². The largest absolute Gasteiger partial charge is 0.325 e. The molecule has 0 radical (unpaired) electrons. The van der Waals surface area contributed by atoms with Gasteiger partial charge < -0.3 is 5.32 Å². The molecule has 0 spiro atoms. The van der Waals surface area contributed by atoms with Gasteiger partial charge in [0.05, 0.1) is 11.0 Å². The van der Waals surface area contributed by atoms with E-state index in [0.29, 0.717) is 12.2 Å². The van der Waals surface area contributed by atoms with Crippen LogP contribution in [-0.4, -0.2) is 28.3 Å². The lowest BCUT2D eigenvalue weighted by Gasteiger charge is -2.27. The molecule has 0 saturated carbocycles. The summed E-state index contributed by atoms with van der Waals surface area (Å²) in [5.74, 6) is -0.137. The molecule has 0 bridgehead atoms. The van der Waals surface area contributed by atoms with Crippen molar-refractivity contribution in [3.63, 3.8) is 0 Å². The molecule has 1 amide bonds. The SMILES string of the molecule is CCN(Cc1ccccc1)C(C)C(=O)Nc1ccc([N+](=O)[O-])cc1. The first-order valence-corrected chi connectivity index (χ1v) is 7.84. The highest BCUT2D eigenvalue weighted by atomic mass is 16.6. The van der Waals surface area contributed by atoms with Crippen molar-refractivity contribution in [3.05, 3.63) is 70.3 Å². The minimum atomic E-state index is -0.465. The van der Waals surface area contributed by atoms with E-state index in [1.165, 1.54) is 24.3 Å². The summed E-state index contributed by atoms with van der Waals surface area (Å²) in [6.07, 6.45) is 0. The van der Waals surface area contributed by atoms with Crippen LogP contribution in [0.25, 0.3) is 0 Å². The lowest BCUT2D eigenvalue weighted by molar-refractivity contribution is -0.384. The van der Waals surface area contributed by atoms with Gasteiger partial charge >= 0.3 is 0 Å². The van der Waals surface area contributed by atoms with E-state index in [0.717, 1.165) is 12.1 Å². The number of benzene rings is 2. The normalized spacial score (nSPS) is 12.0. The number of non-ortho nitro benzene ring substituents is 1. The Bertz CT molecular complexity index is 686. The second kappa shape index (κ2) is 8.21. The Morgan fingerprint density at radius 1 is 1.17 bits per heavy atom. The van der Waals surface area contributed by atoms with Crippen LogP contribution in [0.2, 0.25) is 0 Å². The average molecular weight is 327 g/mol. The van der Waals surface area contributed by atoms with E-state index in [2.05, 4.69) is 10.2 Å². The van der Waals surface area contributed by atoms with E-state index >= 15 is 0 Å². The number of hydrogen-bond acceptors (Lipinski definition) is 4. The predicted molar refractivity (Wildman–Crippen MR) is 93.7 cm³/mol. The van der Waals surface area contributed by atoms with Crippen molar-refractivity contribution < 1.29 is 9.72 Å². The number of nitro benzene ring substituents is 1. The summed E-state index contributed by atoms with van der Waals surface area (Å²) in [4.78, 5) is 24.7. The molecule has 1 unspecified atom stereocenters. The third kappa shape index (κ3) is 4.63. The summed E-state index contributed by atoms with van der Waals surface area (Å²) in [5.41, 5.74) is 1.70. The standard InChI is InChI=1S/C18H21N3O3/c1-3-20(13-15-7-5-4-6-8-15)14(2)18(22)19-16-9-11-17(12-10-16)21(23)24/h4-12,14H,3,13H2,1-2H3,(H,19,22). The molecule has 0 aliphatic heterocycles. The average Bonchev–Trinajstić information content (AvgIpc) is 2.60. The van der Waals surface area contributed by atoms with Gasteiger partial charge in [0.2, 0.25) is 5.91 Å². The number of nitrogens with zero attached hydrogens (tertiary/aromatic N) is 2. The summed E-state index contributed by atoms with van der Waals surface area (Å²) >= 11 is 0. The van der Waals surface area contributed by atoms with Crippen molar-refractivity contribution in [3.8, 4) is 0 Å². The number of nitro groups is 1. The van der Waals surface area contributed by atoms with Gasteiger partial charge in [-0.25, -0.2) is 0 Å². The fourth-order valence-electron chi connectivity index (χ4n) is 2.42. The Balaban J connectivity index is 2.00. The number of rotatable bonds is 7. The fourth-order valence-corrected chi connectivity index (χ4v) is 2.42. The maximum atomic E-state index is 12.4. The number of hydrogen-bond donors (Lipinski definition) is 1. The van der Waals surface area contributed by atoms with Crippen molar-refractivity contribution in [1.82, 2.24) is 4.90 Å². The van der Waals surface area contributed by atoms with Crippen LogP contribution in [0.3, 0.4) is 0 Å². The Morgan fingerprint density at radius 2 is 1.79 bits per heavy atom. The van der Waals surface area contributed by atoms with Crippen molar-refractivity contribution >= 4 is 17.3 Å². The summed E-state index contributed by atoms with van der Waals surface area (Å²) in [7, 11) is 0. The van der Waals surface area contributed by atoms with Crippen LogP contribution >= 0.6 is 0 Å². The number of likely N-dealkylation sites (N-methyl/N-ethyl adjacent to an activating group) is 1. The van der Waals surface area contributed by atoms with E-state index in [1.54, 1.807) is 0 Å². The molecule has 6 nitrogen and oxygen atoms in total. The Kier molecular flexibility index (Phi) is 6.03. The molecule has 2 rings (SSSR count). The number of carbonyl (C=O) groups excluding carboxylic acids is 1. The molecule has 0 fully saturated rings. The molecule has 0 aliphatic carbocycles. The highest BCUT2D eigenvalue weighted by Crippen LogP contribution is 2.16. The van der Waals surface area contributed by atoms with Gasteiger partial charge in [0, 0.05) is 24.4 Å². The highest BCUT2D eigenvalue weighted by Gasteiger charge is 2.20. The molecule has 0 aliphatic rings. The van der Waals surface area contributed by atoms with Gasteiger partial charge in [-0.15, -0.1) is 0 Å². The summed E-state index contributed by atoms with van der Waals surface area (Å²) in [5, 5.41) is 13.5. The molecule has 24 heavy (non-hydrogen) atoms. The van der Waals surface area contributed by atoms with Crippen LogP contribution in [0.5, 0.6) is 0 Å². The molecule has 1 atom stereocenters. The summed E-state index contributed by atoms with van der Waals surface area (Å²) in [6, 6.07) is 15.5. The van der Waals surface area contributed by atoms with Gasteiger partial charge in [-0.2, -0.15) is 0 Å². The molecule has 0 saturated heterocycles. The van der Waals surface area contributed by atoms with Crippen LogP contribution in [0.1, 0.15) is 19.4 Å².